The van der Waals surface area contributed by atoms with Gasteiger partial charge in [-0.05, 0) is 103 Å². The van der Waals surface area contributed by atoms with Crippen LogP contribution in [0.1, 0.15) is 61.8 Å². The van der Waals surface area contributed by atoms with Crippen molar-refractivity contribution in [1.82, 2.24) is 0 Å². The maximum absolute atomic E-state index is 8.60. The zero-order valence-corrected chi connectivity index (χ0v) is 32.3. The van der Waals surface area contributed by atoms with E-state index in [9.17, 15) is 0 Å². The van der Waals surface area contributed by atoms with Crippen molar-refractivity contribution < 1.29 is 33.5 Å². The van der Waals surface area contributed by atoms with Gasteiger partial charge in [0.1, 0.15) is 24.9 Å². The van der Waals surface area contributed by atoms with E-state index in [2.05, 4.69) is 79.5 Å². The first-order chi connectivity index (χ1) is 26.0. The van der Waals surface area contributed by atoms with Gasteiger partial charge in [-0.25, -0.2) is 0 Å². The average molecular weight is 731 g/mol. The van der Waals surface area contributed by atoms with Crippen LogP contribution in [0.3, 0.4) is 0 Å². The number of methoxy groups -OCH3 is 2. The number of unbranched alkanes of at least 4 members (excludes halogenated alkanes) is 2. The van der Waals surface area contributed by atoms with Gasteiger partial charge in [-0.2, -0.15) is 0 Å². The van der Waals surface area contributed by atoms with Gasteiger partial charge in [0, 0.05) is 19.0 Å². The molecule has 0 unspecified atom stereocenters. The lowest BCUT2D eigenvalue weighted by Crippen LogP contribution is -2.09. The first-order valence-electron chi connectivity index (χ1n) is 18.7. The van der Waals surface area contributed by atoms with Gasteiger partial charge in [0.25, 0.3) is 0 Å². The van der Waals surface area contributed by atoms with E-state index in [1.54, 1.807) is 14.2 Å². The normalized spacial score (nSPS) is 10.7. The summed E-state index contributed by atoms with van der Waals surface area (Å²) in [6.45, 7) is 7.90. The quantitative estimate of drug-likeness (QED) is 0.0338. The monoisotopic (exact) mass is 730 g/mol. The lowest BCUT2D eigenvalue weighted by molar-refractivity contribution is -0.0612. The van der Waals surface area contributed by atoms with Crippen LogP contribution < -0.4 is 15.2 Å². The zero-order valence-electron chi connectivity index (χ0n) is 32.3. The number of nitrogen functional groups attached to an aromatic ring is 1. The van der Waals surface area contributed by atoms with Crippen LogP contribution in [0, 0.1) is 0 Å². The summed E-state index contributed by atoms with van der Waals surface area (Å²) in [6, 6.07) is 32.4. The molecule has 0 saturated carbocycles. The number of rotatable bonds is 23. The number of benzene rings is 4. The molecule has 4 aromatic rings. The van der Waals surface area contributed by atoms with E-state index >= 15 is 0 Å². The molecule has 3 N–H and O–H groups in total. The Hall–Kier alpha value is -4.25. The van der Waals surface area contributed by atoms with Crippen LogP contribution in [0.25, 0.3) is 0 Å². The molecule has 4 aromatic carbocycles. The Labute approximate surface area is 318 Å². The van der Waals surface area contributed by atoms with E-state index in [4.69, 9.17) is 39.3 Å². The third-order valence-electron chi connectivity index (χ3n) is 7.82. The van der Waals surface area contributed by atoms with E-state index in [1.807, 2.05) is 42.6 Å². The molecule has 53 heavy (non-hydrogen) atoms. The van der Waals surface area contributed by atoms with Crippen molar-refractivity contribution in [2.75, 3.05) is 73.0 Å². The molecule has 0 spiro atoms. The standard InChI is InChI=1S/C22H29NO3.C12H18O4.C10H15N/c1-2-3-4-19-9-11-22(12-10-19)23-17-21-7-5-20(6-8-21)13-15-25-18-26-16-14-24;1-13-7-8-15-9-10-16-12-5-3-11(14-2)4-6-12;1-2-3-4-9-5-7-10(11)8-6-9/h5-12,17,24H,2-4,13-16,18H2,1H3;3-6H,7-10H2,1-2H3;5-8H,2-4,11H2,1H3. The third-order valence-corrected chi connectivity index (χ3v) is 7.82. The number of aliphatic hydroxyl groups excluding tert-OH is 1. The number of nitrogens with two attached hydrogens (primary N) is 1. The highest BCUT2D eigenvalue weighted by Gasteiger charge is 1.98. The Kier molecular flexibility index (Phi) is 25.6. The predicted molar refractivity (Wildman–Crippen MR) is 217 cm³/mol. The number of hydrogen-bond acceptors (Lipinski definition) is 9. The Morgan fingerprint density at radius 2 is 1.13 bits per heavy atom. The SMILES string of the molecule is CCCCc1ccc(N)cc1.CCCCc1ccc(N=Cc2ccc(CCOCOCCO)cc2)cc1.COCCOCCOc1ccc(OC)cc1. The fourth-order valence-electron chi connectivity index (χ4n) is 4.68. The van der Waals surface area contributed by atoms with E-state index in [0.29, 0.717) is 39.6 Å². The molecule has 0 aromatic heterocycles. The summed E-state index contributed by atoms with van der Waals surface area (Å²) >= 11 is 0. The summed E-state index contributed by atoms with van der Waals surface area (Å²) in [7, 11) is 3.29. The van der Waals surface area contributed by atoms with Crippen LogP contribution in [0.4, 0.5) is 11.4 Å². The molecule has 0 bridgehead atoms. The van der Waals surface area contributed by atoms with Crippen LogP contribution >= 0.6 is 0 Å². The largest absolute Gasteiger partial charge is 0.497 e. The number of aliphatic hydroxyl groups is 1. The van der Waals surface area contributed by atoms with Gasteiger partial charge in [-0.15, -0.1) is 0 Å². The second kappa shape index (κ2) is 30.2. The maximum atomic E-state index is 8.60. The number of hydrogen-bond donors (Lipinski definition) is 2. The minimum Gasteiger partial charge on any atom is -0.497 e. The van der Waals surface area contributed by atoms with Crippen LogP contribution in [0.2, 0.25) is 0 Å². The van der Waals surface area contributed by atoms with E-state index in [1.165, 1.54) is 48.8 Å². The molecule has 290 valence electrons. The Morgan fingerprint density at radius 3 is 1.72 bits per heavy atom. The molecule has 9 nitrogen and oxygen atoms in total. The second-order valence-corrected chi connectivity index (χ2v) is 12.2. The fraction of sp³-hybridized carbons (Fsp3) is 0.432. The van der Waals surface area contributed by atoms with Crippen LogP contribution in [-0.2, 0) is 38.2 Å². The van der Waals surface area contributed by atoms with Crippen molar-refractivity contribution in [3.63, 3.8) is 0 Å². The first-order valence-corrected chi connectivity index (χ1v) is 18.7. The van der Waals surface area contributed by atoms with Gasteiger partial charge in [0.05, 0.1) is 52.4 Å². The van der Waals surface area contributed by atoms with Gasteiger partial charge >= 0.3 is 0 Å². The number of nitrogens with zero attached hydrogens (tertiary/aromatic N) is 1. The molecule has 9 heteroatoms. The minimum absolute atomic E-state index is 0.0232. The minimum atomic E-state index is 0.0232. The topological polar surface area (TPSA) is 114 Å². The maximum Gasteiger partial charge on any atom is 0.146 e. The summed E-state index contributed by atoms with van der Waals surface area (Å²) in [5, 5.41) is 8.60. The molecule has 0 amide bonds. The fourth-order valence-corrected chi connectivity index (χ4v) is 4.68. The summed E-state index contributed by atoms with van der Waals surface area (Å²) in [4.78, 5) is 4.54. The first kappa shape index (κ1) is 44.9. The number of aryl methyl sites for hydroxylation is 2. The van der Waals surface area contributed by atoms with Gasteiger partial charge < -0.3 is 39.3 Å². The highest BCUT2D eigenvalue weighted by Crippen LogP contribution is 2.17. The molecule has 0 aliphatic rings. The summed E-state index contributed by atoms with van der Waals surface area (Å²) in [5.74, 6) is 1.64. The Balaban J connectivity index is 0.000000305. The lowest BCUT2D eigenvalue weighted by atomic mass is 10.1. The molecule has 0 saturated heterocycles. The highest BCUT2D eigenvalue weighted by atomic mass is 16.7. The zero-order chi connectivity index (χ0) is 38.2. The smallest absolute Gasteiger partial charge is 0.146 e. The number of ether oxygens (including phenoxy) is 6. The predicted octanol–water partition coefficient (Wildman–Crippen LogP) is 8.65. The van der Waals surface area contributed by atoms with Gasteiger partial charge in [0.15, 0.2) is 0 Å². The van der Waals surface area contributed by atoms with E-state index < -0.39 is 0 Å². The summed E-state index contributed by atoms with van der Waals surface area (Å²) in [6.07, 6.45) is 10.0. The summed E-state index contributed by atoms with van der Waals surface area (Å²) in [5.41, 5.74) is 12.4. The van der Waals surface area contributed by atoms with Crippen LogP contribution in [0.15, 0.2) is 102 Å². The molecule has 0 radical (unpaired) electrons. The molecule has 0 fully saturated rings. The Bertz CT molecular complexity index is 1450. The second-order valence-electron chi connectivity index (χ2n) is 12.2. The molecule has 0 aliphatic heterocycles. The molecule has 4 rings (SSSR count). The van der Waals surface area contributed by atoms with Crippen molar-refractivity contribution >= 4 is 17.6 Å². The van der Waals surface area contributed by atoms with Crippen molar-refractivity contribution in [3.05, 3.63) is 119 Å². The molecular formula is C44H62N2O7. The van der Waals surface area contributed by atoms with Crippen molar-refractivity contribution in [3.8, 4) is 11.5 Å². The summed E-state index contributed by atoms with van der Waals surface area (Å²) < 4.78 is 31.0. The van der Waals surface area contributed by atoms with Crippen LogP contribution in [0.5, 0.6) is 11.5 Å². The van der Waals surface area contributed by atoms with Gasteiger partial charge in [0.2, 0.25) is 0 Å². The number of aliphatic imine (C=N–C) groups is 1. The Morgan fingerprint density at radius 1 is 0.585 bits per heavy atom. The van der Waals surface area contributed by atoms with Crippen LogP contribution in [-0.4, -0.2) is 78.6 Å². The third kappa shape index (κ3) is 22.4. The molecule has 0 aliphatic carbocycles. The highest BCUT2D eigenvalue weighted by molar-refractivity contribution is 5.81. The molecule has 0 atom stereocenters. The number of anilines is 1. The van der Waals surface area contributed by atoms with Crippen molar-refractivity contribution in [2.45, 2.75) is 58.8 Å². The van der Waals surface area contributed by atoms with Gasteiger partial charge in [-0.3, -0.25) is 4.99 Å². The van der Waals surface area contributed by atoms with E-state index in [0.717, 1.165) is 41.3 Å². The molecular weight excluding hydrogens is 668 g/mol. The average Bonchev–Trinajstić information content (AvgIpc) is 3.20. The van der Waals surface area contributed by atoms with Gasteiger partial charge in [-0.1, -0.05) is 75.2 Å². The van der Waals surface area contributed by atoms with Crippen molar-refractivity contribution in [1.29, 1.82) is 0 Å². The van der Waals surface area contributed by atoms with E-state index in [-0.39, 0.29) is 13.4 Å². The molecule has 0 heterocycles. The lowest BCUT2D eigenvalue weighted by Gasteiger charge is -2.07. The van der Waals surface area contributed by atoms with Crippen molar-refractivity contribution in [2.24, 2.45) is 4.99 Å².